The Labute approximate surface area is 208 Å². The molecule has 2 unspecified atom stereocenters. The minimum Gasteiger partial charge on any atom is -1.00 e. The fourth-order valence-electron chi connectivity index (χ4n) is 3.16. The molecule has 0 aliphatic heterocycles. The van der Waals surface area contributed by atoms with E-state index in [9.17, 15) is 14.7 Å². The van der Waals surface area contributed by atoms with E-state index in [0.29, 0.717) is 6.42 Å². The van der Waals surface area contributed by atoms with E-state index in [1.165, 1.54) is 51.2 Å². The van der Waals surface area contributed by atoms with Crippen molar-refractivity contribution < 1.29 is 55.2 Å². The van der Waals surface area contributed by atoms with Gasteiger partial charge in [0.2, 0.25) is 0 Å². The normalized spacial score (nSPS) is 12.9. The van der Waals surface area contributed by atoms with Crippen molar-refractivity contribution in [2.24, 2.45) is 5.92 Å². The molecular formula is C24H45NaO5. The van der Waals surface area contributed by atoms with Crippen LogP contribution in [0.25, 0.3) is 0 Å². The van der Waals surface area contributed by atoms with Crippen LogP contribution in [0, 0.1) is 5.92 Å². The zero-order chi connectivity index (χ0) is 21.7. The van der Waals surface area contributed by atoms with E-state index in [1.54, 1.807) is 0 Å². The topological polar surface area (TPSA) is 72.8 Å². The summed E-state index contributed by atoms with van der Waals surface area (Å²) in [5.74, 6) is -0.899. The number of rotatable bonds is 19. The Bertz CT molecular complexity index is 446. The Morgan fingerprint density at radius 1 is 0.900 bits per heavy atom. The molecule has 0 aromatic heterocycles. The van der Waals surface area contributed by atoms with E-state index in [1.807, 2.05) is 19.9 Å². The molecule has 6 heteroatoms. The summed E-state index contributed by atoms with van der Waals surface area (Å²) in [4.78, 5) is 23.5. The van der Waals surface area contributed by atoms with Gasteiger partial charge in [-0.1, -0.05) is 72.1 Å². The third-order valence-corrected chi connectivity index (χ3v) is 5.16. The molecule has 0 bridgehead atoms. The number of esters is 2. The first-order valence-electron chi connectivity index (χ1n) is 11.7. The SMILES string of the molecule is CCCCCCCCCCC=COC(=O)CCC(=O)OCC(CC)C(O)CCC.[H-].[Na+]. The molecule has 0 heterocycles. The van der Waals surface area contributed by atoms with Crippen molar-refractivity contribution in [3.63, 3.8) is 0 Å². The molecule has 0 saturated heterocycles. The largest absolute Gasteiger partial charge is 1.00 e. The van der Waals surface area contributed by atoms with Crippen molar-refractivity contribution in [3.05, 3.63) is 12.3 Å². The third-order valence-electron chi connectivity index (χ3n) is 5.16. The predicted octanol–water partition coefficient (Wildman–Crippen LogP) is 3.20. The molecule has 1 N–H and O–H groups in total. The Morgan fingerprint density at radius 3 is 2.10 bits per heavy atom. The summed E-state index contributed by atoms with van der Waals surface area (Å²) >= 11 is 0. The molecule has 0 aliphatic rings. The second-order valence-electron chi connectivity index (χ2n) is 7.83. The molecule has 0 rings (SSSR count). The van der Waals surface area contributed by atoms with Gasteiger partial charge in [0.1, 0.15) is 0 Å². The fraction of sp³-hybridized carbons (Fsp3) is 0.833. The van der Waals surface area contributed by atoms with Crippen LogP contribution < -0.4 is 29.6 Å². The molecule has 0 saturated carbocycles. The number of carbonyl (C=O) groups is 2. The number of ether oxygens (including phenoxy) is 2. The summed E-state index contributed by atoms with van der Waals surface area (Å²) in [6, 6.07) is 0. The summed E-state index contributed by atoms with van der Waals surface area (Å²) in [6.07, 6.45) is 16.3. The van der Waals surface area contributed by atoms with Crippen LogP contribution in [-0.4, -0.2) is 29.8 Å². The van der Waals surface area contributed by atoms with Gasteiger partial charge in [-0.05, 0) is 31.8 Å². The van der Waals surface area contributed by atoms with Crippen LogP contribution in [-0.2, 0) is 19.1 Å². The van der Waals surface area contributed by atoms with Crippen LogP contribution >= 0.6 is 0 Å². The average molecular weight is 437 g/mol. The van der Waals surface area contributed by atoms with Crippen LogP contribution in [0.5, 0.6) is 0 Å². The van der Waals surface area contributed by atoms with Crippen molar-refractivity contribution in [1.82, 2.24) is 0 Å². The second-order valence-corrected chi connectivity index (χ2v) is 7.83. The van der Waals surface area contributed by atoms with Crippen molar-refractivity contribution in [2.45, 2.75) is 117 Å². The van der Waals surface area contributed by atoms with Gasteiger partial charge in [0, 0.05) is 5.92 Å². The Balaban J connectivity index is -0.00000392. The number of unbranched alkanes of at least 4 members (excludes halogenated alkanes) is 8. The first kappa shape index (κ1) is 31.8. The Kier molecular flexibility index (Phi) is 24.7. The van der Waals surface area contributed by atoms with Crippen LogP contribution in [0.4, 0.5) is 0 Å². The van der Waals surface area contributed by atoms with Crippen molar-refractivity contribution >= 4 is 11.9 Å². The van der Waals surface area contributed by atoms with Gasteiger partial charge in [-0.2, -0.15) is 0 Å². The maximum atomic E-state index is 11.8. The van der Waals surface area contributed by atoms with Gasteiger partial charge in [0.05, 0.1) is 31.8 Å². The summed E-state index contributed by atoms with van der Waals surface area (Å²) in [7, 11) is 0. The Morgan fingerprint density at radius 2 is 1.50 bits per heavy atom. The van der Waals surface area contributed by atoms with E-state index in [0.717, 1.165) is 25.7 Å². The van der Waals surface area contributed by atoms with Gasteiger partial charge in [0.25, 0.3) is 0 Å². The van der Waals surface area contributed by atoms with E-state index >= 15 is 0 Å². The van der Waals surface area contributed by atoms with E-state index in [4.69, 9.17) is 9.47 Å². The predicted molar refractivity (Wildman–Crippen MR) is 118 cm³/mol. The molecule has 30 heavy (non-hydrogen) atoms. The molecule has 0 fully saturated rings. The monoisotopic (exact) mass is 436 g/mol. The number of carbonyl (C=O) groups excluding carboxylic acids is 2. The molecule has 0 amide bonds. The molecular weight excluding hydrogens is 391 g/mol. The summed E-state index contributed by atoms with van der Waals surface area (Å²) in [5.41, 5.74) is 0. The number of hydrogen-bond acceptors (Lipinski definition) is 5. The zero-order valence-electron chi connectivity index (χ0n) is 21.0. The van der Waals surface area contributed by atoms with Crippen LogP contribution in [0.2, 0.25) is 0 Å². The fourth-order valence-corrected chi connectivity index (χ4v) is 3.16. The summed E-state index contributed by atoms with van der Waals surface area (Å²) in [5, 5.41) is 10.00. The molecule has 0 aromatic carbocycles. The molecule has 2 atom stereocenters. The molecule has 0 aliphatic carbocycles. The second kappa shape index (κ2) is 23.3. The number of aliphatic hydroxyl groups excluding tert-OH is 1. The van der Waals surface area contributed by atoms with E-state index < -0.39 is 18.0 Å². The van der Waals surface area contributed by atoms with Crippen molar-refractivity contribution in [1.29, 1.82) is 0 Å². The maximum Gasteiger partial charge on any atom is 1.00 e. The molecule has 0 aromatic rings. The maximum absolute atomic E-state index is 11.8. The Hall–Kier alpha value is -0.360. The number of hydrogen-bond donors (Lipinski definition) is 1. The number of allylic oxidation sites excluding steroid dienone is 1. The zero-order valence-corrected chi connectivity index (χ0v) is 22.0. The standard InChI is InChI=1S/C24H44O5.Na.H/c1-4-7-8-9-10-11-12-13-14-15-19-28-23(26)17-18-24(27)29-20-21(6-3)22(25)16-5-2;;/h15,19,21-22,25H,4-14,16-18,20H2,1-3H3;;/q;+1;-1. The molecule has 0 radical (unpaired) electrons. The van der Waals surface area contributed by atoms with E-state index in [2.05, 4.69) is 6.92 Å². The van der Waals surface area contributed by atoms with Crippen LogP contribution in [0.15, 0.2) is 12.3 Å². The van der Waals surface area contributed by atoms with Gasteiger partial charge < -0.3 is 16.0 Å². The molecule has 5 nitrogen and oxygen atoms in total. The van der Waals surface area contributed by atoms with Crippen molar-refractivity contribution in [2.75, 3.05) is 6.61 Å². The minimum absolute atomic E-state index is 0. The number of aliphatic hydroxyl groups is 1. The van der Waals surface area contributed by atoms with Gasteiger partial charge in [-0.25, -0.2) is 0 Å². The van der Waals surface area contributed by atoms with Gasteiger partial charge in [-0.3, -0.25) is 9.59 Å². The quantitative estimate of drug-likeness (QED) is 0.146. The first-order chi connectivity index (χ1) is 14.0. The van der Waals surface area contributed by atoms with Gasteiger partial charge >= 0.3 is 41.5 Å². The molecule has 0 spiro atoms. The summed E-state index contributed by atoms with van der Waals surface area (Å²) < 4.78 is 10.2. The van der Waals surface area contributed by atoms with E-state index in [-0.39, 0.29) is 56.4 Å². The van der Waals surface area contributed by atoms with Crippen LogP contribution in [0.1, 0.15) is 112 Å². The van der Waals surface area contributed by atoms with Gasteiger partial charge in [0.15, 0.2) is 0 Å². The van der Waals surface area contributed by atoms with Crippen molar-refractivity contribution in [3.8, 4) is 0 Å². The smallest absolute Gasteiger partial charge is 1.00 e. The third kappa shape index (κ3) is 19.6. The van der Waals surface area contributed by atoms with Crippen LogP contribution in [0.3, 0.4) is 0 Å². The summed E-state index contributed by atoms with van der Waals surface area (Å²) in [6.45, 7) is 6.41. The van der Waals surface area contributed by atoms with Gasteiger partial charge in [-0.15, -0.1) is 0 Å². The minimum atomic E-state index is -0.450. The average Bonchev–Trinajstić information content (AvgIpc) is 2.71. The first-order valence-corrected chi connectivity index (χ1v) is 11.7. The molecule has 172 valence electrons.